The van der Waals surface area contributed by atoms with Crippen molar-refractivity contribution < 1.29 is 4.74 Å². The second kappa shape index (κ2) is 6.15. The average molecular weight is 274 g/mol. The average Bonchev–Trinajstić information content (AvgIpc) is 3.05. The minimum Gasteiger partial charge on any atom is -0.493 e. The first kappa shape index (κ1) is 13.9. The Balaban J connectivity index is 1.75. The van der Waals surface area contributed by atoms with Crippen molar-refractivity contribution in [1.82, 2.24) is 10.2 Å². The monoisotopic (exact) mass is 274 g/mol. The molecule has 1 aromatic rings. The molecule has 0 spiro atoms. The van der Waals surface area contributed by atoms with Gasteiger partial charge in [-0.15, -0.1) is 0 Å². The topological polar surface area (TPSA) is 24.5 Å². The van der Waals surface area contributed by atoms with Crippen molar-refractivity contribution in [3.8, 4) is 5.75 Å². The Kier molecular flexibility index (Phi) is 4.27. The fourth-order valence-corrected chi connectivity index (χ4v) is 3.62. The molecule has 1 aromatic carbocycles. The van der Waals surface area contributed by atoms with Gasteiger partial charge in [0.25, 0.3) is 0 Å². The highest BCUT2D eigenvalue weighted by Crippen LogP contribution is 2.38. The zero-order chi connectivity index (χ0) is 13.9. The van der Waals surface area contributed by atoms with E-state index in [1.54, 1.807) is 0 Å². The van der Waals surface area contributed by atoms with E-state index in [1.807, 2.05) is 0 Å². The summed E-state index contributed by atoms with van der Waals surface area (Å²) in [5.74, 6) is 1.82. The number of hydrogen-bond donors (Lipinski definition) is 1. The van der Waals surface area contributed by atoms with Gasteiger partial charge in [-0.25, -0.2) is 0 Å². The second-order valence-electron chi connectivity index (χ2n) is 6.14. The number of nitrogens with one attached hydrogen (secondary N) is 1. The lowest BCUT2D eigenvalue weighted by molar-refractivity contribution is 0.272. The third-order valence-corrected chi connectivity index (χ3v) is 4.66. The summed E-state index contributed by atoms with van der Waals surface area (Å²) in [6.45, 7) is 6.55. The molecule has 2 heterocycles. The van der Waals surface area contributed by atoms with E-state index in [9.17, 15) is 0 Å². The molecule has 2 aliphatic rings. The van der Waals surface area contributed by atoms with Crippen LogP contribution in [0, 0.1) is 5.92 Å². The summed E-state index contributed by atoms with van der Waals surface area (Å²) in [6, 6.07) is 7.37. The highest BCUT2D eigenvalue weighted by Gasteiger charge is 2.33. The van der Waals surface area contributed by atoms with Crippen molar-refractivity contribution in [2.24, 2.45) is 5.92 Å². The Morgan fingerprint density at radius 3 is 3.15 bits per heavy atom. The van der Waals surface area contributed by atoms with Crippen LogP contribution in [0.15, 0.2) is 18.2 Å². The van der Waals surface area contributed by atoms with Crippen LogP contribution in [0.25, 0.3) is 0 Å². The molecule has 0 aliphatic carbocycles. The molecule has 110 valence electrons. The molecule has 1 N–H and O–H groups in total. The van der Waals surface area contributed by atoms with Gasteiger partial charge in [0, 0.05) is 12.5 Å². The molecule has 2 aliphatic heterocycles. The number of hydrogen-bond acceptors (Lipinski definition) is 3. The first-order valence-corrected chi connectivity index (χ1v) is 7.96. The Hall–Kier alpha value is -1.06. The van der Waals surface area contributed by atoms with Gasteiger partial charge in [0.1, 0.15) is 5.75 Å². The second-order valence-corrected chi connectivity index (χ2v) is 6.14. The Morgan fingerprint density at radius 2 is 2.30 bits per heavy atom. The van der Waals surface area contributed by atoms with E-state index >= 15 is 0 Å². The summed E-state index contributed by atoms with van der Waals surface area (Å²) in [5.41, 5.74) is 2.86. The molecule has 3 heteroatoms. The van der Waals surface area contributed by atoms with Crippen LogP contribution in [-0.2, 0) is 6.42 Å². The lowest BCUT2D eigenvalue weighted by atomic mass is 9.92. The van der Waals surface area contributed by atoms with E-state index < -0.39 is 0 Å². The molecule has 3 nitrogen and oxygen atoms in total. The van der Waals surface area contributed by atoms with E-state index in [1.165, 1.54) is 30.5 Å². The van der Waals surface area contributed by atoms with Gasteiger partial charge >= 0.3 is 0 Å². The maximum Gasteiger partial charge on any atom is 0.122 e. The maximum absolute atomic E-state index is 5.62. The Bertz CT molecular complexity index is 460. The van der Waals surface area contributed by atoms with Gasteiger partial charge in [0.15, 0.2) is 0 Å². The van der Waals surface area contributed by atoms with Crippen LogP contribution < -0.4 is 10.1 Å². The van der Waals surface area contributed by atoms with Gasteiger partial charge < -0.3 is 10.1 Å². The molecule has 1 fully saturated rings. The number of rotatable bonds is 5. The molecule has 0 bridgehead atoms. The molecular weight excluding hydrogens is 248 g/mol. The van der Waals surface area contributed by atoms with Gasteiger partial charge in [-0.05, 0) is 62.6 Å². The molecule has 3 rings (SSSR count). The standard InChI is InChI=1S/C17H26N2O/c1-3-8-18-12-15-6-9-19(2)17(15)14-4-5-16-13(11-14)7-10-20-16/h4-5,11,15,17-18H,3,6-10,12H2,1-2H3. The molecule has 2 unspecified atom stereocenters. The largest absolute Gasteiger partial charge is 0.493 e. The number of fused-ring (bicyclic) bond motifs is 1. The summed E-state index contributed by atoms with van der Waals surface area (Å²) in [5, 5.41) is 3.60. The first-order chi connectivity index (χ1) is 9.79. The first-order valence-electron chi connectivity index (χ1n) is 7.96. The molecule has 0 amide bonds. The molecular formula is C17H26N2O. The van der Waals surface area contributed by atoms with Crippen LogP contribution in [0.3, 0.4) is 0 Å². The molecule has 1 saturated heterocycles. The minimum atomic E-state index is 0.560. The summed E-state index contributed by atoms with van der Waals surface area (Å²) < 4.78 is 5.62. The van der Waals surface area contributed by atoms with Gasteiger partial charge in [-0.2, -0.15) is 0 Å². The van der Waals surface area contributed by atoms with E-state index in [0.29, 0.717) is 6.04 Å². The summed E-state index contributed by atoms with van der Waals surface area (Å²) in [7, 11) is 2.26. The molecule has 0 saturated carbocycles. The highest BCUT2D eigenvalue weighted by atomic mass is 16.5. The summed E-state index contributed by atoms with van der Waals surface area (Å²) >= 11 is 0. The maximum atomic E-state index is 5.62. The quantitative estimate of drug-likeness (QED) is 0.835. The van der Waals surface area contributed by atoms with Crippen LogP contribution in [0.2, 0.25) is 0 Å². The lowest BCUT2D eigenvalue weighted by Crippen LogP contribution is -2.29. The smallest absolute Gasteiger partial charge is 0.122 e. The van der Waals surface area contributed by atoms with E-state index in [0.717, 1.165) is 37.8 Å². The zero-order valence-electron chi connectivity index (χ0n) is 12.7. The number of ether oxygens (including phenoxy) is 1. The summed E-state index contributed by atoms with van der Waals surface area (Å²) in [6.07, 6.45) is 3.58. The fraction of sp³-hybridized carbons (Fsp3) is 0.647. The van der Waals surface area contributed by atoms with Crippen LogP contribution in [-0.4, -0.2) is 38.2 Å². The molecule has 2 atom stereocenters. The number of benzene rings is 1. The van der Waals surface area contributed by atoms with Gasteiger partial charge in [-0.1, -0.05) is 19.1 Å². The van der Waals surface area contributed by atoms with Gasteiger partial charge in [-0.3, -0.25) is 4.90 Å². The Morgan fingerprint density at radius 1 is 1.40 bits per heavy atom. The van der Waals surface area contributed by atoms with Crippen molar-refractivity contribution in [2.75, 3.05) is 33.3 Å². The van der Waals surface area contributed by atoms with E-state index in [2.05, 4.69) is 42.4 Å². The highest BCUT2D eigenvalue weighted by molar-refractivity contribution is 5.41. The van der Waals surface area contributed by atoms with Gasteiger partial charge in [0.2, 0.25) is 0 Å². The van der Waals surface area contributed by atoms with Gasteiger partial charge in [0.05, 0.1) is 6.61 Å². The van der Waals surface area contributed by atoms with Crippen molar-refractivity contribution in [3.63, 3.8) is 0 Å². The van der Waals surface area contributed by atoms with E-state index in [-0.39, 0.29) is 0 Å². The SMILES string of the molecule is CCCNCC1CCN(C)C1c1ccc2c(c1)CCO2. The Labute approximate surface area is 122 Å². The molecule has 0 radical (unpaired) electrons. The number of likely N-dealkylation sites (tertiary alicyclic amines) is 1. The predicted molar refractivity (Wildman–Crippen MR) is 82.3 cm³/mol. The van der Waals surface area contributed by atoms with E-state index in [4.69, 9.17) is 4.74 Å². The van der Waals surface area contributed by atoms with Crippen LogP contribution in [0.1, 0.15) is 36.9 Å². The third-order valence-electron chi connectivity index (χ3n) is 4.66. The number of nitrogens with zero attached hydrogens (tertiary/aromatic N) is 1. The van der Waals surface area contributed by atoms with Crippen molar-refractivity contribution in [2.45, 2.75) is 32.2 Å². The van der Waals surface area contributed by atoms with Crippen LogP contribution >= 0.6 is 0 Å². The third kappa shape index (κ3) is 2.70. The van der Waals surface area contributed by atoms with Crippen molar-refractivity contribution >= 4 is 0 Å². The molecule has 20 heavy (non-hydrogen) atoms. The predicted octanol–water partition coefficient (Wildman–Crippen LogP) is 2.61. The molecule has 0 aromatic heterocycles. The van der Waals surface area contributed by atoms with Crippen LogP contribution in [0.4, 0.5) is 0 Å². The zero-order valence-corrected chi connectivity index (χ0v) is 12.7. The normalized spacial score (nSPS) is 25.7. The minimum absolute atomic E-state index is 0.560. The fourth-order valence-electron chi connectivity index (χ4n) is 3.62. The van der Waals surface area contributed by atoms with Crippen molar-refractivity contribution in [1.29, 1.82) is 0 Å². The van der Waals surface area contributed by atoms with Crippen LogP contribution in [0.5, 0.6) is 5.75 Å². The van der Waals surface area contributed by atoms with Crippen molar-refractivity contribution in [3.05, 3.63) is 29.3 Å². The summed E-state index contributed by atoms with van der Waals surface area (Å²) in [4.78, 5) is 2.51. The lowest BCUT2D eigenvalue weighted by Gasteiger charge is -2.26.